The van der Waals surface area contributed by atoms with Crippen LogP contribution >= 0.6 is 27.7 Å². The summed E-state index contributed by atoms with van der Waals surface area (Å²) in [7, 11) is 0. The summed E-state index contributed by atoms with van der Waals surface area (Å²) in [5, 5.41) is 8.39. The van der Waals surface area contributed by atoms with Crippen molar-refractivity contribution >= 4 is 50.5 Å². The van der Waals surface area contributed by atoms with Gasteiger partial charge in [0.2, 0.25) is 0 Å². The predicted octanol–water partition coefficient (Wildman–Crippen LogP) is 5.12. The summed E-state index contributed by atoms with van der Waals surface area (Å²) in [6.45, 7) is 4.04. The highest BCUT2D eigenvalue weighted by Crippen LogP contribution is 2.35. The number of aryl methyl sites for hydroxylation is 2. The molecule has 2 aromatic carbocycles. The Morgan fingerprint density at radius 2 is 1.78 bits per heavy atom. The molecule has 23 heavy (non-hydrogen) atoms. The molecule has 0 aromatic heterocycles. The summed E-state index contributed by atoms with van der Waals surface area (Å²) in [5.41, 5.74) is 3.97. The Labute approximate surface area is 148 Å². The zero-order valence-corrected chi connectivity index (χ0v) is 15.2. The Hall–Kier alpha value is -1.85. The number of nitrogens with one attached hydrogen (secondary N) is 1. The summed E-state index contributed by atoms with van der Waals surface area (Å²) < 4.78 is 0.995. The van der Waals surface area contributed by atoms with Crippen LogP contribution in [-0.4, -0.2) is 11.1 Å². The number of carbonyl (C=O) groups is 1. The van der Waals surface area contributed by atoms with Crippen LogP contribution in [0.2, 0.25) is 0 Å². The van der Waals surface area contributed by atoms with Gasteiger partial charge in [-0.15, -0.1) is 0 Å². The molecule has 0 saturated carbocycles. The number of rotatable bonds is 2. The van der Waals surface area contributed by atoms with Crippen molar-refractivity contribution in [1.82, 2.24) is 0 Å². The van der Waals surface area contributed by atoms with Crippen molar-refractivity contribution in [3.63, 3.8) is 0 Å². The molecule has 1 aliphatic rings. The van der Waals surface area contributed by atoms with E-state index in [1.807, 2.05) is 62.4 Å². The lowest BCUT2D eigenvalue weighted by Crippen LogP contribution is -2.28. The Balaban J connectivity index is 1.93. The molecule has 1 heterocycles. The van der Waals surface area contributed by atoms with Crippen LogP contribution < -0.4 is 4.90 Å². The molecule has 1 amide bonds. The Kier molecular flexibility index (Phi) is 4.41. The van der Waals surface area contributed by atoms with E-state index in [4.69, 9.17) is 5.41 Å². The second-order valence-electron chi connectivity index (χ2n) is 5.38. The number of halogens is 1. The normalized spacial score (nSPS) is 16.5. The number of hydrogen-bond acceptors (Lipinski definition) is 3. The van der Waals surface area contributed by atoms with Gasteiger partial charge in [0.25, 0.3) is 5.91 Å². The first kappa shape index (κ1) is 16.0. The Morgan fingerprint density at radius 3 is 2.43 bits per heavy atom. The van der Waals surface area contributed by atoms with Crippen LogP contribution in [0.25, 0.3) is 6.08 Å². The molecule has 0 aliphatic carbocycles. The molecule has 0 bridgehead atoms. The number of nitrogens with zero attached hydrogens (tertiary/aromatic N) is 1. The number of amidine groups is 1. The lowest BCUT2D eigenvalue weighted by Gasteiger charge is -2.15. The average Bonchev–Trinajstić information content (AvgIpc) is 2.79. The van der Waals surface area contributed by atoms with Crippen molar-refractivity contribution in [3.8, 4) is 0 Å². The van der Waals surface area contributed by atoms with Gasteiger partial charge in [0.05, 0.1) is 10.6 Å². The first-order chi connectivity index (χ1) is 11.0. The van der Waals surface area contributed by atoms with Gasteiger partial charge in [-0.2, -0.15) is 0 Å². The van der Waals surface area contributed by atoms with Gasteiger partial charge in [0, 0.05) is 4.47 Å². The largest absolute Gasteiger partial charge is 0.278 e. The van der Waals surface area contributed by atoms with Gasteiger partial charge in [-0.1, -0.05) is 34.1 Å². The molecular weight excluding hydrogens is 372 g/mol. The van der Waals surface area contributed by atoms with Crippen molar-refractivity contribution in [2.45, 2.75) is 13.8 Å². The van der Waals surface area contributed by atoms with Gasteiger partial charge >= 0.3 is 0 Å². The van der Waals surface area contributed by atoms with Gasteiger partial charge < -0.3 is 0 Å². The maximum atomic E-state index is 12.7. The van der Waals surface area contributed by atoms with Crippen LogP contribution in [0.4, 0.5) is 5.69 Å². The van der Waals surface area contributed by atoms with Crippen LogP contribution in [0.15, 0.2) is 51.8 Å². The minimum absolute atomic E-state index is 0.147. The number of carbonyl (C=O) groups excluding carboxylic acids is 1. The van der Waals surface area contributed by atoms with Crippen molar-refractivity contribution in [3.05, 3.63) is 68.5 Å². The van der Waals surface area contributed by atoms with E-state index in [1.54, 1.807) is 0 Å². The number of anilines is 1. The molecule has 1 saturated heterocycles. The van der Waals surface area contributed by atoms with E-state index in [2.05, 4.69) is 15.9 Å². The van der Waals surface area contributed by atoms with E-state index >= 15 is 0 Å². The topological polar surface area (TPSA) is 44.2 Å². The van der Waals surface area contributed by atoms with Crippen molar-refractivity contribution < 1.29 is 4.79 Å². The molecule has 0 atom stereocenters. The van der Waals surface area contributed by atoms with Gasteiger partial charge in [-0.25, -0.2) is 0 Å². The van der Waals surface area contributed by atoms with Crippen LogP contribution in [0.3, 0.4) is 0 Å². The molecule has 0 spiro atoms. The molecule has 2 aromatic rings. The standard InChI is InChI=1S/C18H15BrN2OS/c1-11-3-8-15(9-12(11)2)21-17(22)16(23-18(21)20)10-13-4-6-14(19)7-5-13/h3-10,20H,1-2H3. The maximum absolute atomic E-state index is 12.7. The zero-order chi connectivity index (χ0) is 16.6. The van der Waals surface area contributed by atoms with Gasteiger partial charge in [-0.3, -0.25) is 15.1 Å². The van der Waals surface area contributed by atoms with E-state index in [9.17, 15) is 4.79 Å². The summed E-state index contributed by atoms with van der Waals surface area (Å²) >= 11 is 4.59. The second-order valence-corrected chi connectivity index (χ2v) is 7.32. The lowest BCUT2D eigenvalue weighted by molar-refractivity contribution is -0.113. The third kappa shape index (κ3) is 3.26. The van der Waals surface area contributed by atoms with E-state index in [1.165, 1.54) is 22.2 Å². The predicted molar refractivity (Wildman–Crippen MR) is 101 cm³/mol. The summed E-state index contributed by atoms with van der Waals surface area (Å²) in [4.78, 5) is 14.7. The first-order valence-corrected chi connectivity index (χ1v) is 8.72. The van der Waals surface area contributed by atoms with Crippen LogP contribution in [0.1, 0.15) is 16.7 Å². The molecule has 1 fully saturated rings. The van der Waals surface area contributed by atoms with Gasteiger partial charge in [0.15, 0.2) is 5.17 Å². The molecule has 3 rings (SSSR count). The van der Waals surface area contributed by atoms with Crippen molar-refractivity contribution in [1.29, 1.82) is 5.41 Å². The number of amides is 1. The van der Waals surface area contributed by atoms with Crippen LogP contribution in [-0.2, 0) is 4.79 Å². The van der Waals surface area contributed by atoms with E-state index in [-0.39, 0.29) is 11.1 Å². The minimum Gasteiger partial charge on any atom is -0.278 e. The van der Waals surface area contributed by atoms with Gasteiger partial charge in [0.1, 0.15) is 0 Å². The summed E-state index contributed by atoms with van der Waals surface area (Å²) in [6, 6.07) is 13.6. The lowest BCUT2D eigenvalue weighted by atomic mass is 10.1. The SMILES string of the molecule is Cc1ccc(N2C(=N)SC(=Cc3ccc(Br)cc3)C2=O)cc1C. The highest BCUT2D eigenvalue weighted by Gasteiger charge is 2.33. The molecule has 0 unspecified atom stereocenters. The van der Waals surface area contributed by atoms with E-state index in [0.29, 0.717) is 4.91 Å². The third-order valence-corrected chi connectivity index (χ3v) is 5.16. The van der Waals surface area contributed by atoms with Crippen molar-refractivity contribution in [2.75, 3.05) is 4.90 Å². The molecule has 5 heteroatoms. The van der Waals surface area contributed by atoms with Crippen LogP contribution in [0.5, 0.6) is 0 Å². The van der Waals surface area contributed by atoms with E-state index < -0.39 is 0 Å². The molecule has 1 N–H and O–H groups in total. The van der Waals surface area contributed by atoms with Crippen LogP contribution in [0, 0.1) is 19.3 Å². The fourth-order valence-corrected chi connectivity index (χ4v) is 3.42. The fraction of sp³-hybridized carbons (Fsp3) is 0.111. The molecule has 3 nitrogen and oxygen atoms in total. The highest BCUT2D eigenvalue weighted by molar-refractivity contribution is 9.10. The highest BCUT2D eigenvalue weighted by atomic mass is 79.9. The first-order valence-electron chi connectivity index (χ1n) is 7.11. The minimum atomic E-state index is -0.147. The fourth-order valence-electron chi connectivity index (χ4n) is 2.30. The molecular formula is C18H15BrN2OS. The zero-order valence-electron chi connectivity index (χ0n) is 12.8. The maximum Gasteiger partial charge on any atom is 0.271 e. The molecule has 116 valence electrons. The third-order valence-electron chi connectivity index (χ3n) is 3.74. The van der Waals surface area contributed by atoms with Crippen molar-refractivity contribution in [2.24, 2.45) is 0 Å². The molecule has 1 aliphatic heterocycles. The quantitative estimate of drug-likeness (QED) is 0.727. The Bertz CT molecular complexity index is 827. The number of benzene rings is 2. The van der Waals surface area contributed by atoms with Gasteiger partial charge in [-0.05, 0) is 72.6 Å². The summed E-state index contributed by atoms with van der Waals surface area (Å²) in [6.07, 6.45) is 1.83. The average molecular weight is 387 g/mol. The number of thioether (sulfide) groups is 1. The monoisotopic (exact) mass is 386 g/mol. The smallest absolute Gasteiger partial charge is 0.271 e. The number of hydrogen-bond donors (Lipinski definition) is 1. The Morgan fingerprint density at radius 1 is 1.09 bits per heavy atom. The summed E-state index contributed by atoms with van der Waals surface area (Å²) in [5.74, 6) is -0.147. The molecule has 0 radical (unpaired) electrons. The van der Waals surface area contributed by atoms with E-state index in [0.717, 1.165) is 21.3 Å². The second kappa shape index (κ2) is 6.34.